The summed E-state index contributed by atoms with van der Waals surface area (Å²) < 4.78 is 0. The molecule has 0 aliphatic heterocycles. The first kappa shape index (κ1) is 13.9. The Hall–Kier alpha value is -1.16. The maximum Gasteiger partial charge on any atom is 0.271 e. The van der Waals surface area contributed by atoms with Gasteiger partial charge in [0, 0.05) is 6.04 Å². The van der Waals surface area contributed by atoms with E-state index in [0.29, 0.717) is 0 Å². The average molecular weight is 256 g/mol. The minimum Gasteiger partial charge on any atom is -0.348 e. The number of carbonyl (C=O) groups excluding carboxylic acids is 1. The zero-order valence-electron chi connectivity index (χ0n) is 10.2. The number of nitrogens with zero attached hydrogens (tertiary/aromatic N) is 2. The van der Waals surface area contributed by atoms with Crippen molar-refractivity contribution in [3.05, 3.63) is 23.2 Å². The van der Waals surface area contributed by atoms with Crippen molar-refractivity contribution in [1.82, 2.24) is 15.3 Å². The highest BCUT2D eigenvalue weighted by molar-refractivity contribution is 6.29. The van der Waals surface area contributed by atoms with Crippen LogP contribution in [0.5, 0.6) is 0 Å². The van der Waals surface area contributed by atoms with Gasteiger partial charge in [0.1, 0.15) is 10.8 Å². The normalized spacial score (nSPS) is 12.2. The summed E-state index contributed by atoms with van der Waals surface area (Å²) >= 11 is 5.67. The van der Waals surface area contributed by atoms with Gasteiger partial charge in [-0.05, 0) is 13.3 Å². The first-order valence-corrected chi connectivity index (χ1v) is 6.29. The first-order chi connectivity index (χ1) is 8.13. The quantitative estimate of drug-likeness (QED) is 0.796. The molecule has 1 heterocycles. The number of nitrogens with one attached hydrogen (secondary N) is 1. The molecule has 0 aromatic carbocycles. The molecule has 0 aliphatic carbocycles. The van der Waals surface area contributed by atoms with E-state index in [9.17, 15) is 4.79 Å². The third kappa shape index (κ3) is 5.13. The van der Waals surface area contributed by atoms with Gasteiger partial charge in [-0.25, -0.2) is 4.98 Å². The molecule has 5 heteroatoms. The van der Waals surface area contributed by atoms with E-state index >= 15 is 0 Å². The van der Waals surface area contributed by atoms with Crippen LogP contribution in [0.25, 0.3) is 0 Å². The van der Waals surface area contributed by atoms with E-state index in [2.05, 4.69) is 22.2 Å². The monoisotopic (exact) mass is 255 g/mol. The molecular weight excluding hydrogens is 238 g/mol. The number of carbonyl (C=O) groups is 1. The Morgan fingerprint density at radius 2 is 2.24 bits per heavy atom. The molecule has 1 aromatic rings. The van der Waals surface area contributed by atoms with Crippen molar-refractivity contribution in [3.63, 3.8) is 0 Å². The molecule has 0 fully saturated rings. The summed E-state index contributed by atoms with van der Waals surface area (Å²) in [5.74, 6) is -0.219. The molecule has 0 bridgehead atoms. The van der Waals surface area contributed by atoms with Crippen LogP contribution in [0, 0.1) is 0 Å². The topological polar surface area (TPSA) is 54.9 Å². The molecule has 0 saturated heterocycles. The van der Waals surface area contributed by atoms with Gasteiger partial charge in [-0.15, -0.1) is 0 Å². The van der Waals surface area contributed by atoms with Crippen LogP contribution >= 0.6 is 11.6 Å². The fourth-order valence-corrected chi connectivity index (χ4v) is 1.67. The van der Waals surface area contributed by atoms with Gasteiger partial charge in [-0.3, -0.25) is 9.78 Å². The fraction of sp³-hybridized carbons (Fsp3) is 0.583. The van der Waals surface area contributed by atoms with E-state index in [1.54, 1.807) is 0 Å². The number of rotatable bonds is 6. The number of halogens is 1. The second-order valence-electron chi connectivity index (χ2n) is 4.10. The molecule has 0 saturated carbocycles. The number of hydrogen-bond acceptors (Lipinski definition) is 3. The molecule has 4 nitrogen and oxygen atoms in total. The lowest BCUT2D eigenvalue weighted by molar-refractivity contribution is 0.0932. The number of unbranched alkanes of at least 4 members (excludes halogenated alkanes) is 2. The van der Waals surface area contributed by atoms with Gasteiger partial charge in [0.25, 0.3) is 5.91 Å². The van der Waals surface area contributed by atoms with Crippen molar-refractivity contribution in [3.8, 4) is 0 Å². The number of hydrogen-bond donors (Lipinski definition) is 1. The maximum atomic E-state index is 11.8. The summed E-state index contributed by atoms with van der Waals surface area (Å²) in [6.07, 6.45) is 7.30. The number of aromatic nitrogens is 2. The second-order valence-corrected chi connectivity index (χ2v) is 4.48. The SMILES string of the molecule is CCCCCC(C)NC(=O)c1cncc(Cl)n1. The summed E-state index contributed by atoms with van der Waals surface area (Å²) in [5.41, 5.74) is 0.264. The molecule has 1 atom stereocenters. The Bertz CT molecular complexity index is 371. The van der Waals surface area contributed by atoms with E-state index in [-0.39, 0.29) is 22.8 Å². The van der Waals surface area contributed by atoms with E-state index < -0.39 is 0 Å². The molecule has 0 spiro atoms. The Balaban J connectivity index is 2.43. The molecule has 0 aliphatic rings. The van der Waals surface area contributed by atoms with E-state index in [1.165, 1.54) is 25.2 Å². The van der Waals surface area contributed by atoms with Crippen LogP contribution in [0.2, 0.25) is 5.15 Å². The predicted molar refractivity (Wildman–Crippen MR) is 68.1 cm³/mol. The highest BCUT2D eigenvalue weighted by atomic mass is 35.5. The molecule has 1 rings (SSSR count). The van der Waals surface area contributed by atoms with E-state index in [4.69, 9.17) is 11.6 Å². The molecule has 0 radical (unpaired) electrons. The van der Waals surface area contributed by atoms with Crippen molar-refractivity contribution in [2.45, 2.75) is 45.6 Å². The zero-order chi connectivity index (χ0) is 12.7. The van der Waals surface area contributed by atoms with Crippen LogP contribution in [0.15, 0.2) is 12.4 Å². The van der Waals surface area contributed by atoms with Gasteiger partial charge >= 0.3 is 0 Å². The zero-order valence-corrected chi connectivity index (χ0v) is 11.0. The standard InChI is InChI=1S/C12H18ClN3O/c1-3-4-5-6-9(2)15-12(17)10-7-14-8-11(13)16-10/h7-9H,3-6H2,1-2H3,(H,15,17). The Morgan fingerprint density at radius 1 is 1.47 bits per heavy atom. The first-order valence-electron chi connectivity index (χ1n) is 5.92. The number of amides is 1. The molecule has 94 valence electrons. The van der Waals surface area contributed by atoms with Gasteiger partial charge in [-0.2, -0.15) is 0 Å². The van der Waals surface area contributed by atoms with Crippen LogP contribution in [-0.2, 0) is 0 Å². The summed E-state index contributed by atoms with van der Waals surface area (Å²) in [6.45, 7) is 4.15. The highest BCUT2D eigenvalue weighted by Crippen LogP contribution is 2.05. The minimum absolute atomic E-state index is 0.148. The van der Waals surface area contributed by atoms with Crippen molar-refractivity contribution in [2.24, 2.45) is 0 Å². The van der Waals surface area contributed by atoms with Crippen LogP contribution in [0.3, 0.4) is 0 Å². The van der Waals surface area contributed by atoms with Gasteiger partial charge in [0.2, 0.25) is 0 Å². The van der Waals surface area contributed by atoms with E-state index in [1.807, 2.05) is 6.92 Å². The van der Waals surface area contributed by atoms with Crippen LogP contribution in [0.1, 0.15) is 50.0 Å². The van der Waals surface area contributed by atoms with Crippen molar-refractivity contribution in [2.75, 3.05) is 0 Å². The van der Waals surface area contributed by atoms with Crippen LogP contribution < -0.4 is 5.32 Å². The van der Waals surface area contributed by atoms with Crippen molar-refractivity contribution >= 4 is 17.5 Å². The molecule has 1 unspecified atom stereocenters. The minimum atomic E-state index is -0.219. The Kier molecular flexibility index (Phi) is 5.91. The average Bonchev–Trinajstić information content (AvgIpc) is 2.29. The van der Waals surface area contributed by atoms with E-state index in [0.717, 1.165) is 12.8 Å². The van der Waals surface area contributed by atoms with Gasteiger partial charge < -0.3 is 5.32 Å². The largest absolute Gasteiger partial charge is 0.348 e. The van der Waals surface area contributed by atoms with Crippen LogP contribution in [-0.4, -0.2) is 21.9 Å². The predicted octanol–water partition coefficient (Wildman–Crippen LogP) is 2.83. The van der Waals surface area contributed by atoms with Gasteiger partial charge in [-0.1, -0.05) is 37.8 Å². The molecule has 1 N–H and O–H groups in total. The summed E-state index contributed by atoms with van der Waals surface area (Å²) in [6, 6.07) is 0.148. The summed E-state index contributed by atoms with van der Waals surface area (Å²) in [5, 5.41) is 3.11. The second kappa shape index (κ2) is 7.22. The Labute approximate surface area is 107 Å². The van der Waals surface area contributed by atoms with Crippen LogP contribution in [0.4, 0.5) is 0 Å². The van der Waals surface area contributed by atoms with Crippen molar-refractivity contribution < 1.29 is 4.79 Å². The third-order valence-electron chi connectivity index (χ3n) is 2.46. The molecular formula is C12H18ClN3O. The van der Waals surface area contributed by atoms with Gasteiger partial charge in [0.05, 0.1) is 12.4 Å². The molecule has 1 amide bonds. The highest BCUT2D eigenvalue weighted by Gasteiger charge is 2.11. The lowest BCUT2D eigenvalue weighted by Crippen LogP contribution is -2.33. The summed E-state index contributed by atoms with van der Waals surface area (Å²) in [4.78, 5) is 19.5. The maximum absolute atomic E-state index is 11.8. The van der Waals surface area contributed by atoms with Crippen molar-refractivity contribution in [1.29, 1.82) is 0 Å². The fourth-order valence-electron chi connectivity index (χ4n) is 1.52. The molecule has 1 aromatic heterocycles. The Morgan fingerprint density at radius 3 is 2.88 bits per heavy atom. The lowest BCUT2D eigenvalue weighted by atomic mass is 10.1. The summed E-state index contributed by atoms with van der Waals surface area (Å²) in [7, 11) is 0. The smallest absolute Gasteiger partial charge is 0.271 e. The lowest BCUT2D eigenvalue weighted by Gasteiger charge is -2.12. The molecule has 17 heavy (non-hydrogen) atoms. The van der Waals surface area contributed by atoms with Gasteiger partial charge in [0.15, 0.2) is 0 Å². The third-order valence-corrected chi connectivity index (χ3v) is 2.64.